The first-order valence-corrected chi connectivity index (χ1v) is 7.72. The summed E-state index contributed by atoms with van der Waals surface area (Å²) in [6.07, 6.45) is 1.02. The summed E-state index contributed by atoms with van der Waals surface area (Å²) in [4.78, 5) is 6.79. The SMILES string of the molecule is CC[C@H]1O[C@@H]2SC(N(C)C)=N[C@@H]2[C@H]2OC(C)(C)O[C@@H]21. The highest BCUT2D eigenvalue weighted by molar-refractivity contribution is 8.14. The molecule has 0 saturated carbocycles. The summed E-state index contributed by atoms with van der Waals surface area (Å²) in [6, 6.07) is 0.0389. The Kier molecular flexibility index (Phi) is 3.32. The van der Waals surface area contributed by atoms with Gasteiger partial charge in [0.25, 0.3) is 0 Å². The Bertz CT molecular complexity index is 399. The molecule has 0 unspecified atom stereocenters. The first-order valence-electron chi connectivity index (χ1n) is 6.84. The van der Waals surface area contributed by atoms with Gasteiger partial charge in [-0.2, -0.15) is 0 Å². The smallest absolute Gasteiger partial charge is 0.164 e. The van der Waals surface area contributed by atoms with Crippen molar-refractivity contribution in [2.45, 2.75) is 62.8 Å². The Labute approximate surface area is 118 Å². The van der Waals surface area contributed by atoms with E-state index in [0.717, 1.165) is 11.6 Å². The van der Waals surface area contributed by atoms with E-state index in [1.165, 1.54) is 0 Å². The van der Waals surface area contributed by atoms with Gasteiger partial charge in [-0.15, -0.1) is 0 Å². The number of nitrogens with zero attached hydrogens (tertiary/aromatic N) is 2. The fourth-order valence-electron chi connectivity index (χ4n) is 2.90. The first-order chi connectivity index (χ1) is 8.91. The third-order valence-electron chi connectivity index (χ3n) is 3.72. The Hall–Kier alpha value is -0.300. The average molecular weight is 286 g/mol. The quantitative estimate of drug-likeness (QED) is 0.733. The lowest BCUT2D eigenvalue weighted by Gasteiger charge is -2.37. The topological polar surface area (TPSA) is 43.3 Å². The van der Waals surface area contributed by atoms with Crippen LogP contribution in [0.3, 0.4) is 0 Å². The molecule has 108 valence electrons. The molecular weight excluding hydrogens is 264 g/mol. The minimum atomic E-state index is -0.540. The third-order valence-corrected chi connectivity index (χ3v) is 5.02. The van der Waals surface area contributed by atoms with Crippen LogP contribution in [0.25, 0.3) is 0 Å². The molecule has 0 radical (unpaired) electrons. The number of amidine groups is 1. The maximum Gasteiger partial charge on any atom is 0.164 e. The second kappa shape index (κ2) is 4.62. The number of ether oxygens (including phenoxy) is 3. The fraction of sp³-hybridized carbons (Fsp3) is 0.923. The molecule has 0 spiro atoms. The van der Waals surface area contributed by atoms with Crippen LogP contribution in [-0.2, 0) is 14.2 Å². The molecule has 0 N–H and O–H groups in total. The number of hydrogen-bond acceptors (Lipinski definition) is 6. The molecule has 0 aromatic carbocycles. The molecular formula is C13H22N2O3S. The summed E-state index contributed by atoms with van der Waals surface area (Å²) in [7, 11) is 4.02. The van der Waals surface area contributed by atoms with Crippen LogP contribution in [0.4, 0.5) is 0 Å². The average Bonchev–Trinajstić information content (AvgIpc) is 2.87. The van der Waals surface area contributed by atoms with Gasteiger partial charge in [0.2, 0.25) is 0 Å². The zero-order valence-electron chi connectivity index (χ0n) is 12.1. The largest absolute Gasteiger partial charge is 0.359 e. The van der Waals surface area contributed by atoms with E-state index >= 15 is 0 Å². The summed E-state index contributed by atoms with van der Waals surface area (Å²) in [6.45, 7) is 6.06. The zero-order valence-corrected chi connectivity index (χ0v) is 12.9. The lowest BCUT2D eigenvalue weighted by molar-refractivity contribution is -0.154. The number of hydrogen-bond donors (Lipinski definition) is 0. The first kappa shape index (κ1) is 13.7. The molecule has 0 bridgehead atoms. The molecule has 0 aromatic heterocycles. The molecule has 3 aliphatic rings. The van der Waals surface area contributed by atoms with Crippen LogP contribution in [0.5, 0.6) is 0 Å². The van der Waals surface area contributed by atoms with Crippen molar-refractivity contribution in [1.29, 1.82) is 0 Å². The van der Waals surface area contributed by atoms with Crippen LogP contribution in [0.1, 0.15) is 27.2 Å². The normalized spacial score (nSPS) is 43.6. The van der Waals surface area contributed by atoms with E-state index in [4.69, 9.17) is 19.2 Å². The lowest BCUT2D eigenvalue weighted by Crippen LogP contribution is -2.52. The summed E-state index contributed by atoms with van der Waals surface area (Å²) in [5.41, 5.74) is 0.0566. The molecule has 2 fully saturated rings. The van der Waals surface area contributed by atoms with Crippen LogP contribution in [-0.4, -0.2) is 59.7 Å². The molecule has 0 aliphatic carbocycles. The van der Waals surface area contributed by atoms with Crippen LogP contribution in [0.2, 0.25) is 0 Å². The third kappa shape index (κ3) is 2.28. The van der Waals surface area contributed by atoms with Crippen LogP contribution >= 0.6 is 11.8 Å². The minimum Gasteiger partial charge on any atom is -0.359 e. The van der Waals surface area contributed by atoms with Gasteiger partial charge in [0.05, 0.1) is 6.10 Å². The highest BCUT2D eigenvalue weighted by Crippen LogP contribution is 2.45. The molecule has 3 heterocycles. The molecule has 2 saturated heterocycles. The molecule has 3 aliphatic heterocycles. The van der Waals surface area contributed by atoms with Crippen molar-refractivity contribution in [1.82, 2.24) is 4.90 Å². The number of thioether (sulfide) groups is 1. The van der Waals surface area contributed by atoms with Crippen molar-refractivity contribution in [3.8, 4) is 0 Å². The van der Waals surface area contributed by atoms with Crippen molar-refractivity contribution < 1.29 is 14.2 Å². The summed E-state index contributed by atoms with van der Waals surface area (Å²) in [5, 5.41) is 1.01. The Balaban J connectivity index is 1.87. The predicted octanol–water partition coefficient (Wildman–Crippen LogP) is 1.67. The van der Waals surface area contributed by atoms with Gasteiger partial charge in [-0.05, 0) is 20.3 Å². The van der Waals surface area contributed by atoms with Crippen LogP contribution < -0.4 is 0 Å². The van der Waals surface area contributed by atoms with E-state index in [2.05, 4.69) is 6.92 Å². The van der Waals surface area contributed by atoms with Crippen molar-refractivity contribution in [2.75, 3.05) is 14.1 Å². The summed E-state index contributed by atoms with van der Waals surface area (Å²) >= 11 is 1.69. The number of aliphatic imine (C=N–C) groups is 1. The molecule has 5 atom stereocenters. The molecule has 19 heavy (non-hydrogen) atoms. The van der Waals surface area contributed by atoms with Crippen molar-refractivity contribution >= 4 is 16.9 Å². The van der Waals surface area contributed by atoms with E-state index in [1.54, 1.807) is 11.8 Å². The number of fused-ring (bicyclic) bond motifs is 3. The molecule has 3 rings (SSSR count). The standard InChI is InChI=1S/C13H22N2O3S/c1-6-7-9-10(18-13(2,3)17-9)8-11(16-7)19-12(14-8)15(4)5/h7-11H,6H2,1-5H3/t7-,8-,9-,10-,11-/m1/s1. The van der Waals surface area contributed by atoms with Crippen LogP contribution in [0, 0.1) is 0 Å². The summed E-state index contributed by atoms with van der Waals surface area (Å²) in [5.74, 6) is -0.540. The highest BCUT2D eigenvalue weighted by atomic mass is 32.2. The van der Waals surface area contributed by atoms with Crippen LogP contribution in [0.15, 0.2) is 4.99 Å². The predicted molar refractivity (Wildman–Crippen MR) is 75.3 cm³/mol. The molecule has 6 heteroatoms. The van der Waals surface area contributed by atoms with Gasteiger partial charge < -0.3 is 19.1 Å². The van der Waals surface area contributed by atoms with Gasteiger partial charge in [-0.1, -0.05) is 18.7 Å². The minimum absolute atomic E-state index is 0.00338. The van der Waals surface area contributed by atoms with E-state index < -0.39 is 5.79 Å². The van der Waals surface area contributed by atoms with Gasteiger partial charge in [0.15, 0.2) is 11.0 Å². The van der Waals surface area contributed by atoms with Crippen molar-refractivity contribution in [3.63, 3.8) is 0 Å². The Morgan fingerprint density at radius 2 is 1.95 bits per heavy atom. The van der Waals surface area contributed by atoms with E-state index in [0.29, 0.717) is 0 Å². The van der Waals surface area contributed by atoms with Gasteiger partial charge in [0, 0.05) is 14.1 Å². The van der Waals surface area contributed by atoms with Gasteiger partial charge in [-0.3, -0.25) is 4.99 Å². The van der Waals surface area contributed by atoms with E-state index in [1.807, 2.05) is 32.8 Å². The van der Waals surface area contributed by atoms with E-state index in [-0.39, 0.29) is 29.8 Å². The summed E-state index contributed by atoms with van der Waals surface area (Å²) < 4.78 is 18.3. The zero-order chi connectivity index (χ0) is 13.8. The Morgan fingerprint density at radius 1 is 1.26 bits per heavy atom. The lowest BCUT2D eigenvalue weighted by atomic mass is 9.97. The molecule has 0 aromatic rings. The maximum absolute atomic E-state index is 6.16. The van der Waals surface area contributed by atoms with E-state index in [9.17, 15) is 0 Å². The molecule has 5 nitrogen and oxygen atoms in total. The van der Waals surface area contributed by atoms with Gasteiger partial charge in [0.1, 0.15) is 23.7 Å². The maximum atomic E-state index is 6.16. The highest BCUT2D eigenvalue weighted by Gasteiger charge is 2.56. The van der Waals surface area contributed by atoms with Gasteiger partial charge in [-0.25, -0.2) is 0 Å². The second-order valence-corrected chi connectivity index (χ2v) is 7.00. The molecule has 0 amide bonds. The second-order valence-electron chi connectivity index (χ2n) is 5.93. The van der Waals surface area contributed by atoms with Crippen molar-refractivity contribution in [2.24, 2.45) is 4.99 Å². The van der Waals surface area contributed by atoms with Crippen molar-refractivity contribution in [3.05, 3.63) is 0 Å². The fourth-order valence-corrected chi connectivity index (χ4v) is 4.05. The Morgan fingerprint density at radius 3 is 2.58 bits per heavy atom. The monoisotopic (exact) mass is 286 g/mol. The number of rotatable bonds is 1. The van der Waals surface area contributed by atoms with Gasteiger partial charge >= 0.3 is 0 Å².